The van der Waals surface area contributed by atoms with E-state index in [-0.39, 0.29) is 0 Å². The van der Waals surface area contributed by atoms with Gasteiger partial charge >= 0.3 is 6.18 Å². The SMILES string of the molecule is Cc1nc(CN2CCc3nc(C(F)(F)F)ncc3C2)cs1. The van der Waals surface area contributed by atoms with Gasteiger partial charge in [-0.15, -0.1) is 11.3 Å². The zero-order chi connectivity index (χ0) is 15.0. The van der Waals surface area contributed by atoms with E-state index in [0.29, 0.717) is 31.7 Å². The lowest BCUT2D eigenvalue weighted by molar-refractivity contribution is -0.145. The van der Waals surface area contributed by atoms with Gasteiger partial charge in [0.05, 0.1) is 16.4 Å². The van der Waals surface area contributed by atoms with Crippen LogP contribution in [-0.4, -0.2) is 26.4 Å². The zero-order valence-electron chi connectivity index (χ0n) is 11.3. The van der Waals surface area contributed by atoms with Crippen molar-refractivity contribution in [3.05, 3.63) is 39.4 Å². The second kappa shape index (κ2) is 5.34. The Morgan fingerprint density at radius 3 is 2.81 bits per heavy atom. The van der Waals surface area contributed by atoms with Crippen molar-refractivity contribution >= 4 is 11.3 Å². The number of thiazole rings is 1. The second-order valence-electron chi connectivity index (χ2n) is 4.98. The molecule has 3 rings (SSSR count). The number of aromatic nitrogens is 3. The summed E-state index contributed by atoms with van der Waals surface area (Å²) in [5.74, 6) is -1.05. The molecule has 21 heavy (non-hydrogen) atoms. The van der Waals surface area contributed by atoms with Gasteiger partial charge in [0.2, 0.25) is 5.82 Å². The van der Waals surface area contributed by atoms with Crippen LogP contribution in [0.4, 0.5) is 13.2 Å². The van der Waals surface area contributed by atoms with Crippen molar-refractivity contribution < 1.29 is 13.2 Å². The molecule has 0 aliphatic carbocycles. The third kappa shape index (κ3) is 3.21. The molecule has 1 aliphatic heterocycles. The minimum absolute atomic E-state index is 0.503. The van der Waals surface area contributed by atoms with Crippen LogP contribution in [0.5, 0.6) is 0 Å². The van der Waals surface area contributed by atoms with Gasteiger partial charge in [-0.3, -0.25) is 4.90 Å². The molecule has 112 valence electrons. The molecule has 0 amide bonds. The van der Waals surface area contributed by atoms with Crippen molar-refractivity contribution in [2.45, 2.75) is 32.6 Å². The molecule has 8 heteroatoms. The van der Waals surface area contributed by atoms with E-state index in [4.69, 9.17) is 0 Å². The van der Waals surface area contributed by atoms with E-state index in [1.54, 1.807) is 11.3 Å². The number of halogens is 3. The van der Waals surface area contributed by atoms with Gasteiger partial charge in [0, 0.05) is 43.2 Å². The Morgan fingerprint density at radius 1 is 1.33 bits per heavy atom. The highest BCUT2D eigenvalue weighted by atomic mass is 32.1. The Morgan fingerprint density at radius 2 is 2.14 bits per heavy atom. The average Bonchev–Trinajstić information content (AvgIpc) is 2.82. The van der Waals surface area contributed by atoms with E-state index in [9.17, 15) is 13.2 Å². The van der Waals surface area contributed by atoms with Crippen LogP contribution in [0.1, 0.15) is 27.8 Å². The Balaban J connectivity index is 1.74. The average molecular weight is 314 g/mol. The van der Waals surface area contributed by atoms with Crippen LogP contribution in [0.15, 0.2) is 11.6 Å². The van der Waals surface area contributed by atoms with Crippen LogP contribution in [0.3, 0.4) is 0 Å². The van der Waals surface area contributed by atoms with E-state index in [1.165, 1.54) is 6.20 Å². The normalized spacial score (nSPS) is 16.0. The first-order valence-electron chi connectivity index (χ1n) is 6.47. The summed E-state index contributed by atoms with van der Waals surface area (Å²) in [5, 5.41) is 3.02. The van der Waals surface area contributed by atoms with Crippen molar-refractivity contribution in [3.63, 3.8) is 0 Å². The molecule has 4 nitrogen and oxygen atoms in total. The molecule has 1 aliphatic rings. The summed E-state index contributed by atoms with van der Waals surface area (Å²) in [6.45, 7) is 3.89. The van der Waals surface area contributed by atoms with Crippen molar-refractivity contribution in [3.8, 4) is 0 Å². The molecule has 0 N–H and O–H groups in total. The Labute approximate surface area is 123 Å². The van der Waals surface area contributed by atoms with Crippen LogP contribution in [-0.2, 0) is 25.7 Å². The van der Waals surface area contributed by atoms with Gasteiger partial charge in [-0.2, -0.15) is 13.2 Å². The van der Waals surface area contributed by atoms with Crippen LogP contribution < -0.4 is 0 Å². The van der Waals surface area contributed by atoms with E-state index in [0.717, 1.165) is 16.3 Å². The fourth-order valence-electron chi connectivity index (χ4n) is 2.36. The topological polar surface area (TPSA) is 41.9 Å². The quantitative estimate of drug-likeness (QED) is 0.855. The Bertz CT molecular complexity index is 653. The fourth-order valence-corrected chi connectivity index (χ4v) is 2.96. The van der Waals surface area contributed by atoms with E-state index in [2.05, 4.69) is 19.9 Å². The highest BCUT2D eigenvalue weighted by Gasteiger charge is 2.35. The lowest BCUT2D eigenvalue weighted by Gasteiger charge is -2.27. The molecule has 2 aromatic heterocycles. The molecule has 0 atom stereocenters. The minimum Gasteiger partial charge on any atom is -0.293 e. The second-order valence-corrected chi connectivity index (χ2v) is 6.04. The summed E-state index contributed by atoms with van der Waals surface area (Å²) < 4.78 is 37.7. The number of aryl methyl sites for hydroxylation is 1. The molecular formula is C13H13F3N4S. The maximum Gasteiger partial charge on any atom is 0.451 e. The summed E-state index contributed by atoms with van der Waals surface area (Å²) in [6.07, 6.45) is -2.68. The number of hydrogen-bond acceptors (Lipinski definition) is 5. The summed E-state index contributed by atoms with van der Waals surface area (Å²) in [4.78, 5) is 13.6. The van der Waals surface area contributed by atoms with E-state index >= 15 is 0 Å². The number of alkyl halides is 3. The van der Waals surface area contributed by atoms with Crippen molar-refractivity contribution in [2.75, 3.05) is 6.54 Å². The van der Waals surface area contributed by atoms with Crippen LogP contribution in [0.2, 0.25) is 0 Å². The third-order valence-corrected chi connectivity index (χ3v) is 4.14. The van der Waals surface area contributed by atoms with Crippen molar-refractivity contribution in [2.24, 2.45) is 0 Å². The van der Waals surface area contributed by atoms with Gasteiger partial charge in [-0.05, 0) is 6.92 Å². The molecule has 3 heterocycles. The molecule has 0 radical (unpaired) electrons. The van der Waals surface area contributed by atoms with Gasteiger partial charge in [0.1, 0.15) is 0 Å². The highest BCUT2D eigenvalue weighted by Crippen LogP contribution is 2.28. The van der Waals surface area contributed by atoms with Crippen LogP contribution >= 0.6 is 11.3 Å². The first kappa shape index (κ1) is 14.4. The summed E-state index contributed by atoms with van der Waals surface area (Å²) in [7, 11) is 0. The smallest absolute Gasteiger partial charge is 0.293 e. The molecule has 2 aromatic rings. The molecule has 0 aromatic carbocycles. The number of rotatable bonds is 2. The maximum absolute atomic E-state index is 12.6. The van der Waals surface area contributed by atoms with Crippen LogP contribution in [0.25, 0.3) is 0 Å². The molecule has 0 spiro atoms. The van der Waals surface area contributed by atoms with Crippen LogP contribution in [0, 0.1) is 6.92 Å². The molecular weight excluding hydrogens is 301 g/mol. The van der Waals surface area contributed by atoms with E-state index < -0.39 is 12.0 Å². The predicted molar refractivity (Wildman–Crippen MR) is 71.7 cm³/mol. The summed E-state index contributed by atoms with van der Waals surface area (Å²) in [5.41, 5.74) is 2.26. The minimum atomic E-state index is -4.48. The molecule has 0 saturated heterocycles. The van der Waals surface area contributed by atoms with Crippen molar-refractivity contribution in [1.29, 1.82) is 0 Å². The number of hydrogen-bond donors (Lipinski definition) is 0. The Hall–Kier alpha value is -1.54. The lowest BCUT2D eigenvalue weighted by atomic mass is 10.1. The first-order chi connectivity index (χ1) is 9.91. The Kier molecular flexibility index (Phi) is 3.66. The molecule has 0 fully saturated rings. The van der Waals surface area contributed by atoms with Crippen molar-refractivity contribution in [1.82, 2.24) is 19.9 Å². The summed E-state index contributed by atoms with van der Waals surface area (Å²) in [6, 6.07) is 0. The molecule has 0 bridgehead atoms. The zero-order valence-corrected chi connectivity index (χ0v) is 12.1. The predicted octanol–water partition coefficient (Wildman–Crippen LogP) is 2.82. The fraction of sp³-hybridized carbons (Fsp3) is 0.462. The molecule has 0 saturated carbocycles. The van der Waals surface area contributed by atoms with E-state index in [1.807, 2.05) is 12.3 Å². The number of nitrogens with zero attached hydrogens (tertiary/aromatic N) is 4. The number of fused-ring (bicyclic) bond motifs is 1. The largest absolute Gasteiger partial charge is 0.451 e. The van der Waals surface area contributed by atoms with Gasteiger partial charge in [-0.25, -0.2) is 15.0 Å². The maximum atomic E-state index is 12.6. The standard InChI is InChI=1S/C13H13F3N4S/c1-8-18-10(7-21-8)6-20-3-2-11-9(5-20)4-17-12(19-11)13(14,15)16/h4,7H,2-3,5-6H2,1H3. The molecule has 0 unspecified atom stereocenters. The monoisotopic (exact) mass is 314 g/mol. The third-order valence-electron chi connectivity index (χ3n) is 3.32. The highest BCUT2D eigenvalue weighted by molar-refractivity contribution is 7.09. The van der Waals surface area contributed by atoms with Gasteiger partial charge in [-0.1, -0.05) is 0 Å². The first-order valence-corrected chi connectivity index (χ1v) is 7.35. The summed E-state index contributed by atoms with van der Waals surface area (Å²) >= 11 is 1.60. The van der Waals surface area contributed by atoms with Gasteiger partial charge in [0.15, 0.2) is 0 Å². The van der Waals surface area contributed by atoms with Gasteiger partial charge < -0.3 is 0 Å². The lowest BCUT2D eigenvalue weighted by Crippen LogP contribution is -2.31. The van der Waals surface area contributed by atoms with Gasteiger partial charge in [0.25, 0.3) is 0 Å².